The summed E-state index contributed by atoms with van der Waals surface area (Å²) in [6.45, 7) is 3.57. The van der Waals surface area contributed by atoms with E-state index in [-0.39, 0.29) is 12.0 Å². The highest BCUT2D eigenvalue weighted by Crippen LogP contribution is 2.33. The van der Waals surface area contributed by atoms with Gasteiger partial charge in [0.25, 0.3) is 0 Å². The van der Waals surface area contributed by atoms with Gasteiger partial charge in [-0.05, 0) is 41.8 Å². The summed E-state index contributed by atoms with van der Waals surface area (Å²) in [5, 5.41) is 0. The second-order valence-electron chi connectivity index (χ2n) is 6.63. The van der Waals surface area contributed by atoms with Gasteiger partial charge in [-0.2, -0.15) is 0 Å². The number of halogens is 3. The maximum Gasteiger partial charge on any atom is 0.162 e. The monoisotopic (exact) mass is 382 g/mol. The highest BCUT2D eigenvalue weighted by Gasteiger charge is 2.23. The molecule has 0 aliphatic carbocycles. The summed E-state index contributed by atoms with van der Waals surface area (Å²) in [6.07, 6.45) is -0.770. The van der Waals surface area contributed by atoms with Crippen molar-refractivity contribution >= 4 is 11.6 Å². The van der Waals surface area contributed by atoms with Crippen LogP contribution in [0.25, 0.3) is 0 Å². The predicted molar refractivity (Wildman–Crippen MR) is 102 cm³/mol. The summed E-state index contributed by atoms with van der Waals surface area (Å²) in [5.41, 5.74) is 2.04. The molecule has 0 unspecified atom stereocenters. The van der Waals surface area contributed by atoms with Crippen LogP contribution in [0.3, 0.4) is 0 Å². The molecule has 2 nitrogen and oxygen atoms in total. The number of rotatable bonds is 10. The van der Waals surface area contributed by atoms with Crippen LogP contribution in [0.5, 0.6) is 11.5 Å². The second-order valence-corrected chi connectivity index (χ2v) is 7.01. The van der Waals surface area contributed by atoms with Crippen molar-refractivity contribution in [1.29, 1.82) is 0 Å². The summed E-state index contributed by atoms with van der Waals surface area (Å²) in [4.78, 5) is 0. The quantitative estimate of drug-likeness (QED) is 0.387. The largest absolute Gasteiger partial charge is 0.494 e. The normalized spacial score (nSPS) is 12.7. The van der Waals surface area contributed by atoms with Gasteiger partial charge in [0.1, 0.15) is 24.8 Å². The Balaban J connectivity index is 2.04. The van der Waals surface area contributed by atoms with E-state index in [9.17, 15) is 8.78 Å². The van der Waals surface area contributed by atoms with E-state index in [0.29, 0.717) is 18.2 Å². The fraction of sp³-hybridized carbons (Fsp3) is 0.429. The van der Waals surface area contributed by atoms with E-state index < -0.39 is 12.8 Å². The summed E-state index contributed by atoms with van der Waals surface area (Å²) < 4.78 is 36.0. The molecular weight excluding hydrogens is 358 g/mol. The van der Waals surface area contributed by atoms with Crippen LogP contribution in [-0.4, -0.2) is 31.9 Å². The molecule has 5 heteroatoms. The van der Waals surface area contributed by atoms with Crippen molar-refractivity contribution < 1.29 is 18.3 Å². The number of alkyl halides is 3. The van der Waals surface area contributed by atoms with Gasteiger partial charge in [0.2, 0.25) is 0 Å². The number of hydrogen-bond acceptors (Lipinski definition) is 2. The van der Waals surface area contributed by atoms with Gasteiger partial charge < -0.3 is 9.47 Å². The molecule has 0 N–H and O–H groups in total. The lowest BCUT2D eigenvalue weighted by molar-refractivity contribution is 0.166. The molecule has 1 atom stereocenters. The summed E-state index contributed by atoms with van der Waals surface area (Å²) in [6, 6.07) is 15.5. The molecule has 0 saturated carbocycles. The first kappa shape index (κ1) is 20.5. The average Bonchev–Trinajstić information content (AvgIpc) is 2.67. The van der Waals surface area contributed by atoms with Gasteiger partial charge in [-0.3, -0.25) is 0 Å². The first-order valence-electron chi connectivity index (χ1n) is 8.70. The molecule has 0 fully saturated rings. The van der Waals surface area contributed by atoms with Crippen LogP contribution in [0.4, 0.5) is 8.78 Å². The molecule has 0 spiro atoms. The second kappa shape index (κ2) is 9.77. The van der Waals surface area contributed by atoms with E-state index in [1.165, 1.54) is 0 Å². The Morgan fingerprint density at radius 1 is 0.923 bits per heavy atom. The minimum Gasteiger partial charge on any atom is -0.494 e. The molecule has 142 valence electrons. The third kappa shape index (κ3) is 5.60. The van der Waals surface area contributed by atoms with Crippen molar-refractivity contribution in [2.45, 2.75) is 31.9 Å². The smallest absolute Gasteiger partial charge is 0.162 e. The lowest BCUT2D eigenvalue weighted by Gasteiger charge is -2.26. The van der Waals surface area contributed by atoms with Crippen LogP contribution in [0.1, 0.15) is 31.4 Å². The Hall–Kier alpha value is -1.81. The van der Waals surface area contributed by atoms with Crippen LogP contribution in [0.2, 0.25) is 0 Å². The fourth-order valence-corrected chi connectivity index (χ4v) is 2.69. The molecule has 0 bridgehead atoms. The van der Waals surface area contributed by atoms with Crippen LogP contribution in [0, 0.1) is 0 Å². The lowest BCUT2D eigenvalue weighted by atomic mass is 9.78. The Morgan fingerprint density at radius 2 is 1.42 bits per heavy atom. The van der Waals surface area contributed by atoms with E-state index >= 15 is 0 Å². The maximum absolute atomic E-state index is 12.9. The van der Waals surface area contributed by atoms with Crippen molar-refractivity contribution in [2.75, 3.05) is 25.8 Å². The minimum absolute atomic E-state index is 0.214. The van der Waals surface area contributed by atoms with E-state index in [2.05, 4.69) is 26.0 Å². The lowest BCUT2D eigenvalue weighted by Crippen LogP contribution is -2.19. The van der Waals surface area contributed by atoms with Crippen LogP contribution in [0.15, 0.2) is 48.5 Å². The molecule has 0 heterocycles. The molecule has 0 aliphatic rings. The Labute approximate surface area is 159 Å². The molecule has 0 aromatic heterocycles. The number of benzene rings is 2. The number of ether oxygens (including phenoxy) is 2. The third-order valence-electron chi connectivity index (χ3n) is 4.30. The van der Waals surface area contributed by atoms with E-state index in [1.54, 1.807) is 12.1 Å². The first-order chi connectivity index (χ1) is 12.5. The molecular formula is C21H25ClF2O2. The molecule has 2 aromatic rings. The zero-order chi connectivity index (χ0) is 19.0. The van der Waals surface area contributed by atoms with E-state index in [4.69, 9.17) is 21.1 Å². The van der Waals surface area contributed by atoms with Gasteiger partial charge >= 0.3 is 0 Å². The van der Waals surface area contributed by atoms with Crippen LogP contribution >= 0.6 is 11.6 Å². The standard InChI is InChI=1S/C21H25ClF2O2/c1-21(2,16-4-8-19(9-5-16)25-13-3-12-22)17-6-10-20(11-7-17)26-15-18(24)14-23/h4-11,18H,3,12-15H2,1-2H3/t18-/m0/s1. The molecule has 2 rings (SSSR count). The summed E-state index contributed by atoms with van der Waals surface area (Å²) >= 11 is 5.65. The highest BCUT2D eigenvalue weighted by molar-refractivity contribution is 6.17. The Morgan fingerprint density at radius 3 is 1.88 bits per heavy atom. The first-order valence-corrected chi connectivity index (χ1v) is 9.23. The zero-order valence-corrected chi connectivity index (χ0v) is 15.9. The van der Waals surface area contributed by atoms with E-state index in [1.807, 2.05) is 24.3 Å². The van der Waals surface area contributed by atoms with Gasteiger partial charge in [-0.1, -0.05) is 38.1 Å². The summed E-state index contributed by atoms with van der Waals surface area (Å²) in [7, 11) is 0. The average molecular weight is 383 g/mol. The Kier molecular flexibility index (Phi) is 7.70. The molecule has 0 radical (unpaired) electrons. The predicted octanol–water partition coefficient (Wildman–Crippen LogP) is 5.71. The van der Waals surface area contributed by atoms with E-state index in [0.717, 1.165) is 23.3 Å². The van der Waals surface area contributed by atoms with Crippen molar-refractivity contribution in [3.63, 3.8) is 0 Å². The molecule has 2 aromatic carbocycles. The van der Waals surface area contributed by atoms with Crippen molar-refractivity contribution in [1.82, 2.24) is 0 Å². The Bertz CT molecular complexity index is 657. The highest BCUT2D eigenvalue weighted by atomic mass is 35.5. The molecule has 0 saturated heterocycles. The van der Waals surface area contributed by atoms with Gasteiger partial charge in [0.05, 0.1) is 6.61 Å². The van der Waals surface area contributed by atoms with Crippen molar-refractivity contribution in [3.8, 4) is 11.5 Å². The van der Waals surface area contributed by atoms with Gasteiger partial charge in [0, 0.05) is 11.3 Å². The molecule has 0 amide bonds. The minimum atomic E-state index is -1.59. The molecule has 0 aliphatic heterocycles. The van der Waals surface area contributed by atoms with Gasteiger partial charge in [0.15, 0.2) is 6.17 Å². The van der Waals surface area contributed by atoms with Crippen LogP contribution in [-0.2, 0) is 5.41 Å². The third-order valence-corrected chi connectivity index (χ3v) is 4.56. The van der Waals surface area contributed by atoms with Crippen molar-refractivity contribution in [3.05, 3.63) is 59.7 Å². The SMILES string of the molecule is CC(C)(c1ccc(OCCCCl)cc1)c1ccc(OC[C@@H](F)CF)cc1. The van der Waals surface area contributed by atoms with Crippen molar-refractivity contribution in [2.24, 2.45) is 0 Å². The topological polar surface area (TPSA) is 18.5 Å². The van der Waals surface area contributed by atoms with Gasteiger partial charge in [-0.25, -0.2) is 8.78 Å². The maximum atomic E-state index is 12.9. The molecule has 26 heavy (non-hydrogen) atoms. The van der Waals surface area contributed by atoms with Crippen LogP contribution < -0.4 is 9.47 Å². The fourth-order valence-electron chi connectivity index (χ4n) is 2.58. The summed E-state index contributed by atoms with van der Waals surface area (Å²) in [5.74, 6) is 1.95. The van der Waals surface area contributed by atoms with Gasteiger partial charge in [-0.15, -0.1) is 11.6 Å². The zero-order valence-electron chi connectivity index (χ0n) is 15.2. The number of hydrogen-bond donors (Lipinski definition) is 0.